The lowest BCUT2D eigenvalue weighted by molar-refractivity contribution is 0.746. The number of hydrogen-bond donors (Lipinski definition) is 0. The fraction of sp³-hybridized carbons (Fsp3) is 0.346. The van der Waals surface area contributed by atoms with Crippen LogP contribution in [0.5, 0.6) is 0 Å². The van der Waals surface area contributed by atoms with E-state index in [0.29, 0.717) is 5.92 Å². The van der Waals surface area contributed by atoms with Gasteiger partial charge in [-0.2, -0.15) is 0 Å². The maximum Gasteiger partial charge on any atom is 0.0306 e. The summed E-state index contributed by atoms with van der Waals surface area (Å²) in [6.45, 7) is 7.98. The minimum atomic E-state index is 0.309. The first-order valence-electron chi connectivity index (χ1n) is 10.00. The second-order valence-corrected chi connectivity index (χ2v) is 6.87. The van der Waals surface area contributed by atoms with E-state index >= 15 is 0 Å². The molecule has 0 radical (unpaired) electrons. The Morgan fingerprint density at radius 2 is 2.04 bits per heavy atom. The molecule has 0 bridgehead atoms. The normalized spacial score (nSPS) is 12.1. The smallest absolute Gasteiger partial charge is 0.0306 e. The van der Waals surface area contributed by atoms with E-state index in [1.165, 1.54) is 36.8 Å². The van der Waals surface area contributed by atoms with Crippen molar-refractivity contribution in [2.75, 3.05) is 0 Å². The highest BCUT2D eigenvalue weighted by atomic mass is 14.6. The van der Waals surface area contributed by atoms with Crippen molar-refractivity contribution in [3.63, 3.8) is 0 Å². The molecule has 1 heterocycles. The largest absolute Gasteiger partial charge is 0.264 e. The van der Waals surface area contributed by atoms with E-state index in [1.54, 1.807) is 5.57 Å². The lowest BCUT2D eigenvalue weighted by Gasteiger charge is -2.17. The molecule has 0 saturated heterocycles. The van der Waals surface area contributed by atoms with Gasteiger partial charge in [0.2, 0.25) is 0 Å². The molecule has 1 aromatic carbocycles. The van der Waals surface area contributed by atoms with Crippen LogP contribution in [0.4, 0.5) is 0 Å². The summed E-state index contributed by atoms with van der Waals surface area (Å²) in [7, 11) is 0. The van der Waals surface area contributed by atoms with Gasteiger partial charge in [0.25, 0.3) is 0 Å². The molecule has 1 unspecified atom stereocenters. The number of unbranched alkanes of at least 4 members (excludes halogenated alkanes) is 1. The monoisotopic (exact) mass is 357 g/mol. The van der Waals surface area contributed by atoms with Crippen molar-refractivity contribution in [3.8, 4) is 11.8 Å². The summed E-state index contributed by atoms with van der Waals surface area (Å²) < 4.78 is 0. The van der Waals surface area contributed by atoms with E-state index < -0.39 is 0 Å². The van der Waals surface area contributed by atoms with Gasteiger partial charge in [0.1, 0.15) is 0 Å². The van der Waals surface area contributed by atoms with Crippen molar-refractivity contribution in [1.82, 2.24) is 4.98 Å². The molecule has 1 heteroatoms. The van der Waals surface area contributed by atoms with Gasteiger partial charge in [-0.05, 0) is 68.4 Å². The minimum Gasteiger partial charge on any atom is -0.264 e. The summed E-state index contributed by atoms with van der Waals surface area (Å²) in [6, 6.07) is 12.8. The van der Waals surface area contributed by atoms with Gasteiger partial charge < -0.3 is 0 Å². The van der Waals surface area contributed by atoms with E-state index in [9.17, 15) is 0 Å². The van der Waals surface area contributed by atoms with Crippen molar-refractivity contribution in [2.45, 2.75) is 58.3 Å². The highest BCUT2D eigenvalue weighted by molar-refractivity contribution is 5.41. The number of benzene rings is 1. The van der Waals surface area contributed by atoms with Crippen LogP contribution in [0.1, 0.15) is 75.0 Å². The van der Waals surface area contributed by atoms with Gasteiger partial charge in [-0.3, -0.25) is 4.98 Å². The summed E-state index contributed by atoms with van der Waals surface area (Å²) in [6.07, 6.45) is 15.1. The molecular weight excluding hydrogens is 326 g/mol. The molecule has 140 valence electrons. The molecule has 1 nitrogen and oxygen atoms in total. The quantitative estimate of drug-likeness (QED) is 0.252. The average molecular weight is 358 g/mol. The fourth-order valence-corrected chi connectivity index (χ4v) is 3.43. The van der Waals surface area contributed by atoms with Crippen molar-refractivity contribution in [1.29, 1.82) is 0 Å². The first kappa shape index (κ1) is 20.7. The molecule has 2 rings (SSSR count). The first-order valence-corrected chi connectivity index (χ1v) is 10.00. The number of hydrogen-bond acceptors (Lipinski definition) is 1. The molecule has 0 aliphatic rings. The first-order chi connectivity index (χ1) is 13.3. The topological polar surface area (TPSA) is 12.9 Å². The zero-order chi connectivity index (χ0) is 19.3. The second-order valence-electron chi connectivity index (χ2n) is 6.87. The van der Waals surface area contributed by atoms with Gasteiger partial charge in [0, 0.05) is 23.9 Å². The number of pyridine rings is 1. The number of allylic oxidation sites excluding steroid dienone is 3. The van der Waals surface area contributed by atoms with Crippen molar-refractivity contribution < 1.29 is 0 Å². The molecular formula is C26H31N. The standard InChI is InChI=1S/C26H31N/c1-4-7-8-13-22(11-5-2)17-18-26(25-16-10-19-27-21-25)24-15-9-14-23(20-24)12-6-3/h4,9-10,14-17,19-21,26H,1,5,7-8,11,13,18H2,2-3H3/b22-17-. The molecule has 0 aliphatic heterocycles. The zero-order valence-corrected chi connectivity index (χ0v) is 16.7. The van der Waals surface area contributed by atoms with Gasteiger partial charge in [0.15, 0.2) is 0 Å². The van der Waals surface area contributed by atoms with Crippen LogP contribution in [-0.4, -0.2) is 4.98 Å². The third kappa shape index (κ3) is 6.91. The van der Waals surface area contributed by atoms with Crippen LogP contribution in [0.25, 0.3) is 0 Å². The molecule has 1 atom stereocenters. The summed E-state index contributed by atoms with van der Waals surface area (Å²) in [5.74, 6) is 6.50. The SMILES string of the molecule is C=CCCC/C(=C\CC(c1cccnc1)c1cccc(C#CC)c1)CCC. The van der Waals surface area contributed by atoms with Crippen LogP contribution in [-0.2, 0) is 0 Å². The molecule has 0 aliphatic carbocycles. The van der Waals surface area contributed by atoms with E-state index in [4.69, 9.17) is 0 Å². The third-order valence-corrected chi connectivity index (χ3v) is 4.76. The summed E-state index contributed by atoms with van der Waals surface area (Å²) in [5, 5.41) is 0. The van der Waals surface area contributed by atoms with Crippen LogP contribution in [0.15, 0.2) is 73.1 Å². The molecule has 2 aromatic rings. The summed E-state index contributed by atoms with van der Waals surface area (Å²) in [4.78, 5) is 4.35. The molecule has 0 saturated carbocycles. The van der Waals surface area contributed by atoms with Gasteiger partial charge in [-0.25, -0.2) is 0 Å². The number of nitrogens with zero attached hydrogens (tertiary/aromatic N) is 1. The molecule has 0 N–H and O–H groups in total. The van der Waals surface area contributed by atoms with Crippen molar-refractivity contribution >= 4 is 0 Å². The fourth-order valence-electron chi connectivity index (χ4n) is 3.43. The van der Waals surface area contributed by atoms with Gasteiger partial charge >= 0.3 is 0 Å². The van der Waals surface area contributed by atoms with Crippen LogP contribution in [0.3, 0.4) is 0 Å². The Labute approximate surface area is 165 Å². The molecule has 0 amide bonds. The summed E-state index contributed by atoms with van der Waals surface area (Å²) >= 11 is 0. The maximum atomic E-state index is 4.35. The van der Waals surface area contributed by atoms with Gasteiger partial charge in [-0.15, -0.1) is 12.5 Å². The van der Waals surface area contributed by atoms with Crippen LogP contribution in [0, 0.1) is 11.8 Å². The number of rotatable bonds is 10. The average Bonchev–Trinajstić information content (AvgIpc) is 2.70. The number of aromatic nitrogens is 1. The lowest BCUT2D eigenvalue weighted by Crippen LogP contribution is -2.02. The molecule has 27 heavy (non-hydrogen) atoms. The van der Waals surface area contributed by atoms with Gasteiger partial charge in [-0.1, -0.05) is 55.2 Å². The van der Waals surface area contributed by atoms with E-state index in [0.717, 1.165) is 18.4 Å². The Morgan fingerprint density at radius 1 is 1.19 bits per heavy atom. The van der Waals surface area contributed by atoms with Crippen LogP contribution < -0.4 is 0 Å². The van der Waals surface area contributed by atoms with Gasteiger partial charge in [0.05, 0.1) is 0 Å². The lowest BCUT2D eigenvalue weighted by atomic mass is 9.87. The van der Waals surface area contributed by atoms with E-state index in [1.807, 2.05) is 31.5 Å². The second kappa shape index (κ2) is 11.9. The minimum absolute atomic E-state index is 0.309. The van der Waals surface area contributed by atoms with Crippen molar-refractivity contribution in [2.24, 2.45) is 0 Å². The molecule has 0 fully saturated rings. The summed E-state index contributed by atoms with van der Waals surface area (Å²) in [5.41, 5.74) is 5.21. The van der Waals surface area contributed by atoms with E-state index in [2.05, 4.69) is 66.7 Å². The Balaban J connectivity index is 2.29. The third-order valence-electron chi connectivity index (χ3n) is 4.76. The molecule has 0 spiro atoms. The highest BCUT2D eigenvalue weighted by Gasteiger charge is 2.14. The van der Waals surface area contributed by atoms with Crippen LogP contribution in [0.2, 0.25) is 0 Å². The Hall–Kier alpha value is -2.59. The Morgan fingerprint density at radius 3 is 2.74 bits per heavy atom. The maximum absolute atomic E-state index is 4.35. The van der Waals surface area contributed by atoms with Crippen LogP contribution >= 0.6 is 0 Å². The van der Waals surface area contributed by atoms with E-state index in [-0.39, 0.29) is 0 Å². The predicted octanol–water partition coefficient (Wildman–Crippen LogP) is 7.06. The predicted molar refractivity (Wildman–Crippen MR) is 117 cm³/mol. The Kier molecular flexibility index (Phi) is 9.14. The van der Waals surface area contributed by atoms with Crippen molar-refractivity contribution in [3.05, 3.63) is 89.8 Å². The zero-order valence-electron chi connectivity index (χ0n) is 16.7. The molecule has 1 aromatic heterocycles. The Bertz CT molecular complexity index is 790. The highest BCUT2D eigenvalue weighted by Crippen LogP contribution is 2.30.